The molecule has 110 valence electrons. The molecule has 0 aliphatic carbocycles. The number of aliphatic carboxylic acids is 1. The number of carbonyl (C=O) groups is 2. The SMILES string of the molecule is CC(C)(C)OC(=O)[C@](N)(CC1CCNCC1)C(=O)O. The number of carboxylic acid groups (broad SMARTS) is 1. The van der Waals surface area contributed by atoms with Crippen LogP contribution in [-0.2, 0) is 14.3 Å². The van der Waals surface area contributed by atoms with E-state index < -0.39 is 23.1 Å². The molecule has 6 heteroatoms. The summed E-state index contributed by atoms with van der Waals surface area (Å²) in [6, 6.07) is 0. The minimum Gasteiger partial charge on any atom is -0.479 e. The molecule has 1 heterocycles. The highest BCUT2D eigenvalue weighted by atomic mass is 16.6. The quantitative estimate of drug-likeness (QED) is 0.509. The van der Waals surface area contributed by atoms with Crippen molar-refractivity contribution in [2.75, 3.05) is 13.1 Å². The lowest BCUT2D eigenvalue weighted by Crippen LogP contribution is -2.58. The predicted octanol–water partition coefficient (Wildman–Crippen LogP) is 0.500. The van der Waals surface area contributed by atoms with Gasteiger partial charge in [0.05, 0.1) is 0 Å². The molecular formula is C13H24N2O4. The van der Waals surface area contributed by atoms with Crippen LogP contribution in [0.4, 0.5) is 0 Å². The summed E-state index contributed by atoms with van der Waals surface area (Å²) < 4.78 is 5.15. The van der Waals surface area contributed by atoms with Gasteiger partial charge in [0.1, 0.15) is 5.60 Å². The summed E-state index contributed by atoms with van der Waals surface area (Å²) in [7, 11) is 0. The smallest absolute Gasteiger partial charge is 0.338 e. The first-order valence-corrected chi connectivity index (χ1v) is 6.61. The van der Waals surface area contributed by atoms with E-state index in [4.69, 9.17) is 10.5 Å². The van der Waals surface area contributed by atoms with Crippen LogP contribution in [0.5, 0.6) is 0 Å². The molecule has 0 unspecified atom stereocenters. The largest absolute Gasteiger partial charge is 0.479 e. The third-order valence-corrected chi connectivity index (χ3v) is 3.21. The second-order valence-corrected chi connectivity index (χ2v) is 6.18. The normalized spacial score (nSPS) is 20.6. The van der Waals surface area contributed by atoms with Gasteiger partial charge >= 0.3 is 11.9 Å². The first kappa shape index (κ1) is 15.9. The molecular weight excluding hydrogens is 248 g/mol. The Bertz CT molecular complexity index is 345. The van der Waals surface area contributed by atoms with Crippen molar-refractivity contribution in [2.45, 2.75) is 51.2 Å². The molecule has 1 fully saturated rings. The number of rotatable bonds is 4. The van der Waals surface area contributed by atoms with Gasteiger partial charge in [-0.2, -0.15) is 0 Å². The van der Waals surface area contributed by atoms with Crippen LogP contribution in [-0.4, -0.2) is 41.3 Å². The maximum absolute atomic E-state index is 12.1. The van der Waals surface area contributed by atoms with Crippen LogP contribution in [0.15, 0.2) is 0 Å². The monoisotopic (exact) mass is 272 g/mol. The van der Waals surface area contributed by atoms with Crippen LogP contribution >= 0.6 is 0 Å². The van der Waals surface area contributed by atoms with Crippen molar-refractivity contribution in [3.05, 3.63) is 0 Å². The average Bonchev–Trinajstić information content (AvgIpc) is 2.27. The van der Waals surface area contributed by atoms with Crippen LogP contribution in [0.25, 0.3) is 0 Å². The van der Waals surface area contributed by atoms with Gasteiger partial charge in [-0.05, 0) is 59.0 Å². The number of piperidine rings is 1. The van der Waals surface area contributed by atoms with Gasteiger partial charge in [0.15, 0.2) is 0 Å². The molecule has 1 atom stereocenters. The molecule has 1 aliphatic rings. The molecule has 19 heavy (non-hydrogen) atoms. The fourth-order valence-electron chi connectivity index (χ4n) is 2.17. The summed E-state index contributed by atoms with van der Waals surface area (Å²) in [5, 5.41) is 12.5. The van der Waals surface area contributed by atoms with E-state index in [1.54, 1.807) is 20.8 Å². The summed E-state index contributed by atoms with van der Waals surface area (Å²) in [5.41, 5.74) is 3.13. The van der Waals surface area contributed by atoms with Crippen molar-refractivity contribution >= 4 is 11.9 Å². The molecule has 1 saturated heterocycles. The van der Waals surface area contributed by atoms with Crippen molar-refractivity contribution in [1.29, 1.82) is 0 Å². The number of carbonyl (C=O) groups excluding carboxylic acids is 1. The Morgan fingerprint density at radius 2 is 1.84 bits per heavy atom. The van der Waals surface area contributed by atoms with Gasteiger partial charge < -0.3 is 20.9 Å². The summed E-state index contributed by atoms with van der Waals surface area (Å²) in [5.74, 6) is -2.04. The predicted molar refractivity (Wildman–Crippen MR) is 70.6 cm³/mol. The Morgan fingerprint density at radius 1 is 1.32 bits per heavy atom. The zero-order valence-corrected chi connectivity index (χ0v) is 11.9. The van der Waals surface area contributed by atoms with Crippen LogP contribution < -0.4 is 11.1 Å². The van der Waals surface area contributed by atoms with Crippen LogP contribution in [0.1, 0.15) is 40.0 Å². The first-order valence-electron chi connectivity index (χ1n) is 6.61. The van der Waals surface area contributed by atoms with Crippen LogP contribution in [0, 0.1) is 5.92 Å². The summed E-state index contributed by atoms with van der Waals surface area (Å²) in [6.07, 6.45) is 1.78. The summed E-state index contributed by atoms with van der Waals surface area (Å²) >= 11 is 0. The van der Waals surface area contributed by atoms with Gasteiger partial charge in [0, 0.05) is 0 Å². The zero-order valence-electron chi connectivity index (χ0n) is 11.9. The fraction of sp³-hybridized carbons (Fsp3) is 0.846. The van der Waals surface area contributed by atoms with E-state index in [0.717, 1.165) is 25.9 Å². The van der Waals surface area contributed by atoms with Crippen molar-refractivity contribution in [1.82, 2.24) is 5.32 Å². The number of hydrogen-bond acceptors (Lipinski definition) is 5. The summed E-state index contributed by atoms with van der Waals surface area (Å²) in [4.78, 5) is 23.4. The van der Waals surface area contributed by atoms with Crippen molar-refractivity contribution in [3.8, 4) is 0 Å². The number of ether oxygens (including phenoxy) is 1. The van der Waals surface area contributed by atoms with Crippen LogP contribution in [0.3, 0.4) is 0 Å². The molecule has 0 aromatic carbocycles. The molecule has 1 aliphatic heterocycles. The van der Waals surface area contributed by atoms with Crippen molar-refractivity contribution in [2.24, 2.45) is 11.7 Å². The molecule has 0 radical (unpaired) electrons. The van der Waals surface area contributed by atoms with Gasteiger partial charge in [0.2, 0.25) is 5.54 Å². The Kier molecular flexibility index (Phi) is 4.92. The van der Waals surface area contributed by atoms with E-state index in [-0.39, 0.29) is 12.3 Å². The maximum Gasteiger partial charge on any atom is 0.338 e. The lowest BCUT2D eigenvalue weighted by molar-refractivity contribution is -0.170. The molecule has 0 saturated carbocycles. The van der Waals surface area contributed by atoms with Gasteiger partial charge in [-0.15, -0.1) is 0 Å². The zero-order chi connectivity index (χ0) is 14.7. The molecule has 6 nitrogen and oxygen atoms in total. The molecule has 0 bridgehead atoms. The van der Waals surface area contributed by atoms with E-state index in [9.17, 15) is 14.7 Å². The molecule has 0 amide bonds. The number of hydrogen-bond donors (Lipinski definition) is 3. The highest BCUT2D eigenvalue weighted by Gasteiger charge is 2.47. The van der Waals surface area contributed by atoms with E-state index in [1.165, 1.54) is 0 Å². The Hall–Kier alpha value is -1.14. The Labute approximate surface area is 113 Å². The number of carboxylic acids is 1. The topological polar surface area (TPSA) is 102 Å². The second-order valence-electron chi connectivity index (χ2n) is 6.18. The average molecular weight is 272 g/mol. The van der Waals surface area contributed by atoms with E-state index in [0.29, 0.717) is 0 Å². The molecule has 4 N–H and O–H groups in total. The van der Waals surface area contributed by atoms with Crippen molar-refractivity contribution in [3.63, 3.8) is 0 Å². The molecule has 0 aromatic rings. The van der Waals surface area contributed by atoms with Gasteiger partial charge in [-0.3, -0.25) is 0 Å². The second kappa shape index (κ2) is 5.88. The van der Waals surface area contributed by atoms with Gasteiger partial charge in [-0.25, -0.2) is 9.59 Å². The molecule has 1 rings (SSSR count). The lowest BCUT2D eigenvalue weighted by atomic mass is 9.83. The van der Waals surface area contributed by atoms with E-state index in [2.05, 4.69) is 5.32 Å². The van der Waals surface area contributed by atoms with E-state index in [1.807, 2.05) is 0 Å². The molecule has 0 spiro atoms. The Morgan fingerprint density at radius 3 is 2.26 bits per heavy atom. The summed E-state index contributed by atoms with van der Waals surface area (Å²) in [6.45, 7) is 6.73. The van der Waals surface area contributed by atoms with Crippen LogP contribution in [0.2, 0.25) is 0 Å². The highest BCUT2D eigenvalue weighted by Crippen LogP contribution is 2.25. The maximum atomic E-state index is 12.1. The minimum atomic E-state index is -1.95. The lowest BCUT2D eigenvalue weighted by Gasteiger charge is -2.32. The standard InChI is InChI=1S/C13H24N2O4/c1-12(2,3)19-11(18)13(14,10(16)17)8-9-4-6-15-7-5-9/h9,15H,4-8,14H2,1-3H3,(H,16,17)/t13-/m0/s1. The highest BCUT2D eigenvalue weighted by molar-refractivity contribution is 6.03. The third-order valence-electron chi connectivity index (χ3n) is 3.21. The molecule has 0 aromatic heterocycles. The number of esters is 1. The van der Waals surface area contributed by atoms with E-state index >= 15 is 0 Å². The third kappa shape index (κ3) is 4.47. The van der Waals surface area contributed by atoms with Gasteiger partial charge in [0.25, 0.3) is 0 Å². The number of nitrogens with one attached hydrogen (secondary N) is 1. The number of nitrogens with two attached hydrogens (primary N) is 1. The Balaban J connectivity index is 2.78. The first-order chi connectivity index (χ1) is 8.65. The van der Waals surface area contributed by atoms with Gasteiger partial charge in [-0.1, -0.05) is 0 Å². The fourth-order valence-corrected chi connectivity index (χ4v) is 2.17. The van der Waals surface area contributed by atoms with Crippen molar-refractivity contribution < 1.29 is 19.4 Å². The minimum absolute atomic E-state index is 0.124.